The van der Waals surface area contributed by atoms with Crippen molar-refractivity contribution in [2.24, 2.45) is 34.4 Å². The van der Waals surface area contributed by atoms with E-state index in [0.717, 1.165) is 24.9 Å². The molecule has 0 aromatic heterocycles. The summed E-state index contributed by atoms with van der Waals surface area (Å²) in [6, 6.07) is 6.25. The van der Waals surface area contributed by atoms with Crippen molar-refractivity contribution >= 4 is 47.4 Å². The Kier molecular flexibility index (Phi) is 5.68. The Morgan fingerprint density at radius 1 is 1.10 bits per heavy atom. The van der Waals surface area contributed by atoms with E-state index in [4.69, 9.17) is 5.73 Å². The molecule has 1 aromatic rings. The van der Waals surface area contributed by atoms with Crippen LogP contribution in [0.15, 0.2) is 35.3 Å². The van der Waals surface area contributed by atoms with Crippen LogP contribution in [-0.2, 0) is 22.4 Å². The minimum atomic E-state index is -0.141. The highest BCUT2D eigenvalue weighted by molar-refractivity contribution is 14.0. The van der Waals surface area contributed by atoms with Crippen LogP contribution in [0.25, 0.3) is 0 Å². The second-order valence-corrected chi connectivity index (χ2v) is 8.37. The maximum absolute atomic E-state index is 12.7. The van der Waals surface area contributed by atoms with Gasteiger partial charge in [0.15, 0.2) is 5.96 Å². The molecule has 2 amide bonds. The van der Waals surface area contributed by atoms with Crippen LogP contribution >= 0.6 is 24.0 Å². The van der Waals surface area contributed by atoms with E-state index in [2.05, 4.69) is 28.5 Å². The van der Waals surface area contributed by atoms with Crippen molar-refractivity contribution in [3.8, 4) is 0 Å². The monoisotopic (exact) mass is 506 g/mol. The van der Waals surface area contributed by atoms with Crippen LogP contribution in [-0.4, -0.2) is 35.8 Å². The maximum Gasteiger partial charge on any atom is 0.233 e. The molecule has 5 rings (SSSR count). The quantitative estimate of drug-likeness (QED) is 0.216. The zero-order valence-electron chi connectivity index (χ0n) is 16.3. The van der Waals surface area contributed by atoms with Crippen LogP contribution in [0.2, 0.25) is 0 Å². The lowest BCUT2D eigenvalue weighted by atomic mass is 9.85. The number of likely N-dealkylation sites (tertiary alicyclic amines) is 1. The fourth-order valence-electron chi connectivity index (χ4n) is 5.53. The molecule has 4 unspecified atom stereocenters. The predicted molar refractivity (Wildman–Crippen MR) is 123 cm³/mol. The first-order valence-corrected chi connectivity index (χ1v) is 10.3. The Balaban J connectivity index is 0.00000205. The normalized spacial score (nSPS) is 29.7. The minimum absolute atomic E-state index is 0. The summed E-state index contributed by atoms with van der Waals surface area (Å²) >= 11 is 0. The van der Waals surface area contributed by atoms with Gasteiger partial charge in [0.2, 0.25) is 11.8 Å². The van der Waals surface area contributed by atoms with Gasteiger partial charge in [0.05, 0.1) is 18.4 Å². The third-order valence-corrected chi connectivity index (χ3v) is 6.83. The van der Waals surface area contributed by atoms with E-state index in [9.17, 15) is 9.59 Å². The first-order valence-electron chi connectivity index (χ1n) is 10.3. The highest BCUT2D eigenvalue weighted by atomic mass is 127. The summed E-state index contributed by atoms with van der Waals surface area (Å²) in [5.41, 5.74) is 9.81. The van der Waals surface area contributed by atoms with Gasteiger partial charge in [-0.3, -0.25) is 19.5 Å². The number of nitrogens with one attached hydrogen (secondary N) is 1. The summed E-state index contributed by atoms with van der Waals surface area (Å²) in [5, 5.41) is 3.21. The van der Waals surface area contributed by atoms with Crippen molar-refractivity contribution in [1.82, 2.24) is 4.90 Å². The number of carbonyl (C=O) groups is 2. The first kappa shape index (κ1) is 20.4. The molecular formula is C22H27IN4O2. The number of nitrogens with two attached hydrogens (primary N) is 1. The van der Waals surface area contributed by atoms with Crippen molar-refractivity contribution in [3.05, 3.63) is 41.5 Å². The third kappa shape index (κ3) is 3.47. The minimum Gasteiger partial charge on any atom is -0.370 e. The number of halogens is 1. The van der Waals surface area contributed by atoms with Crippen molar-refractivity contribution in [2.75, 3.05) is 18.4 Å². The molecule has 29 heavy (non-hydrogen) atoms. The highest BCUT2D eigenvalue weighted by Crippen LogP contribution is 2.52. The smallest absolute Gasteiger partial charge is 0.233 e. The number of benzene rings is 1. The van der Waals surface area contributed by atoms with Gasteiger partial charge in [0.25, 0.3) is 0 Å². The van der Waals surface area contributed by atoms with E-state index >= 15 is 0 Å². The molecule has 1 heterocycles. The number of aliphatic imine (C=N–C) groups is 1. The average Bonchev–Trinajstić information content (AvgIpc) is 3.38. The summed E-state index contributed by atoms with van der Waals surface area (Å²) in [5.74, 6) is 0.499. The number of nitrogens with zero attached hydrogens (tertiary/aromatic N) is 2. The number of guanidine groups is 1. The highest BCUT2D eigenvalue weighted by Gasteiger charge is 2.58. The lowest BCUT2D eigenvalue weighted by Gasteiger charge is -2.20. The molecule has 4 aliphatic rings. The maximum atomic E-state index is 12.7. The number of imide groups is 1. The molecule has 6 nitrogen and oxygen atoms in total. The fourth-order valence-corrected chi connectivity index (χ4v) is 5.53. The van der Waals surface area contributed by atoms with Crippen molar-refractivity contribution in [2.45, 2.75) is 32.1 Å². The molecule has 1 saturated heterocycles. The van der Waals surface area contributed by atoms with Gasteiger partial charge in [-0.1, -0.05) is 24.3 Å². The zero-order valence-corrected chi connectivity index (χ0v) is 18.7. The van der Waals surface area contributed by atoms with Gasteiger partial charge in [0.1, 0.15) is 0 Å². The molecule has 2 fully saturated rings. The van der Waals surface area contributed by atoms with Crippen molar-refractivity contribution < 1.29 is 9.59 Å². The molecule has 1 saturated carbocycles. The van der Waals surface area contributed by atoms with E-state index in [1.54, 1.807) is 0 Å². The first-order chi connectivity index (χ1) is 13.6. The number of hydrogen-bond donors (Lipinski definition) is 2. The van der Waals surface area contributed by atoms with Crippen LogP contribution < -0.4 is 11.1 Å². The molecule has 1 aliphatic heterocycles. The zero-order chi connectivity index (χ0) is 19.3. The van der Waals surface area contributed by atoms with Gasteiger partial charge in [-0.25, -0.2) is 0 Å². The molecule has 0 radical (unpaired) electrons. The van der Waals surface area contributed by atoms with E-state index in [0.29, 0.717) is 19.0 Å². The number of aryl methyl sites for hydroxylation is 1. The molecule has 7 heteroatoms. The van der Waals surface area contributed by atoms with Crippen LogP contribution in [0.5, 0.6) is 0 Å². The molecule has 3 aliphatic carbocycles. The van der Waals surface area contributed by atoms with E-state index in [1.165, 1.54) is 28.9 Å². The summed E-state index contributed by atoms with van der Waals surface area (Å²) < 4.78 is 0. The van der Waals surface area contributed by atoms with Gasteiger partial charge in [-0.05, 0) is 61.1 Å². The Labute approximate surface area is 188 Å². The number of amides is 2. The summed E-state index contributed by atoms with van der Waals surface area (Å²) in [7, 11) is 0. The van der Waals surface area contributed by atoms with Crippen LogP contribution in [0.1, 0.15) is 30.4 Å². The molecular weight excluding hydrogens is 479 g/mol. The lowest BCUT2D eigenvalue weighted by molar-refractivity contribution is -0.140. The average molecular weight is 506 g/mol. The Hall–Kier alpha value is -1.90. The number of allylic oxidation sites excluding steroid dienone is 2. The molecule has 0 spiro atoms. The van der Waals surface area contributed by atoms with Gasteiger partial charge >= 0.3 is 0 Å². The van der Waals surface area contributed by atoms with Gasteiger partial charge < -0.3 is 11.1 Å². The third-order valence-electron chi connectivity index (χ3n) is 6.83. The number of rotatable bonds is 4. The molecule has 154 valence electrons. The fraction of sp³-hybridized carbons (Fsp3) is 0.500. The number of hydrogen-bond acceptors (Lipinski definition) is 3. The number of fused-ring (bicyclic) bond motifs is 6. The molecule has 1 aromatic carbocycles. The SMILES string of the molecule is I.NC(=NCCN1C(=O)C2C3C=CC(C3)C2C1=O)Nc1cccc2c1CCCC2. The summed E-state index contributed by atoms with van der Waals surface area (Å²) in [4.78, 5) is 31.2. The van der Waals surface area contributed by atoms with E-state index < -0.39 is 0 Å². The molecule has 4 atom stereocenters. The second-order valence-electron chi connectivity index (χ2n) is 8.37. The topological polar surface area (TPSA) is 87.8 Å². The van der Waals surface area contributed by atoms with Gasteiger partial charge in [-0.15, -0.1) is 24.0 Å². The Bertz CT molecular complexity index is 867. The van der Waals surface area contributed by atoms with Crippen molar-refractivity contribution in [1.29, 1.82) is 0 Å². The van der Waals surface area contributed by atoms with E-state index in [1.807, 2.05) is 12.1 Å². The number of carbonyl (C=O) groups excluding carboxylic acids is 2. The molecule has 2 bridgehead atoms. The Morgan fingerprint density at radius 2 is 1.79 bits per heavy atom. The predicted octanol–water partition coefficient (Wildman–Crippen LogP) is 2.72. The second kappa shape index (κ2) is 8.08. The lowest BCUT2D eigenvalue weighted by Crippen LogP contribution is -2.35. The molecule has 3 N–H and O–H groups in total. The number of anilines is 1. The largest absolute Gasteiger partial charge is 0.370 e. The summed E-state index contributed by atoms with van der Waals surface area (Å²) in [6.45, 7) is 0.632. The summed E-state index contributed by atoms with van der Waals surface area (Å²) in [6.07, 6.45) is 9.78. The van der Waals surface area contributed by atoms with Crippen LogP contribution in [0, 0.1) is 23.7 Å². The Morgan fingerprint density at radius 3 is 2.52 bits per heavy atom. The van der Waals surface area contributed by atoms with Crippen molar-refractivity contribution in [3.63, 3.8) is 0 Å². The van der Waals surface area contributed by atoms with Crippen LogP contribution in [0.3, 0.4) is 0 Å². The van der Waals surface area contributed by atoms with E-state index in [-0.39, 0.29) is 59.5 Å². The standard InChI is InChI=1S/C22H26N4O2.HI/c23-22(25-17-7-3-5-13-4-1-2-6-16(13)17)24-10-11-26-20(27)18-14-8-9-15(12-14)19(18)21(26)28;/h3,5,7-9,14-15,18-19H,1-2,4,6,10-12H2,(H3,23,24,25);1H. The van der Waals surface area contributed by atoms with Gasteiger partial charge in [0, 0.05) is 12.2 Å². The van der Waals surface area contributed by atoms with Crippen LogP contribution in [0.4, 0.5) is 5.69 Å². The van der Waals surface area contributed by atoms with Gasteiger partial charge in [-0.2, -0.15) is 0 Å².